The highest BCUT2D eigenvalue weighted by atomic mass is 127. The van der Waals surface area contributed by atoms with E-state index in [9.17, 15) is 0 Å². The predicted octanol–water partition coefficient (Wildman–Crippen LogP) is 3.44. The molecule has 0 aliphatic carbocycles. The normalized spacial score (nSPS) is 14.5. The second-order valence-corrected chi connectivity index (χ2v) is 7.40. The van der Waals surface area contributed by atoms with Gasteiger partial charge in [-0.05, 0) is 39.1 Å². The number of rotatable bonds is 8. The number of guanidine groups is 1. The number of nitrogens with zero attached hydrogens (tertiary/aromatic N) is 4. The van der Waals surface area contributed by atoms with Crippen LogP contribution in [0, 0.1) is 0 Å². The van der Waals surface area contributed by atoms with Crippen molar-refractivity contribution in [2.24, 2.45) is 4.99 Å². The third-order valence-electron chi connectivity index (χ3n) is 5.15. The molecule has 1 saturated heterocycles. The summed E-state index contributed by atoms with van der Waals surface area (Å²) in [5.41, 5.74) is 2.00. The molecule has 176 valence electrons. The van der Waals surface area contributed by atoms with E-state index < -0.39 is 0 Å². The summed E-state index contributed by atoms with van der Waals surface area (Å²) in [6.45, 7) is 9.94. The van der Waals surface area contributed by atoms with Crippen LogP contribution in [0.1, 0.15) is 19.4 Å². The first-order chi connectivity index (χ1) is 15.1. The number of nitrogens with one attached hydrogen (secondary N) is 2. The van der Waals surface area contributed by atoms with Gasteiger partial charge in [0.2, 0.25) is 0 Å². The fourth-order valence-corrected chi connectivity index (χ4v) is 3.49. The number of halogens is 1. The average molecular weight is 554 g/mol. The summed E-state index contributed by atoms with van der Waals surface area (Å²) in [6.07, 6.45) is 1.86. The Morgan fingerprint density at radius 1 is 1.12 bits per heavy atom. The van der Waals surface area contributed by atoms with Gasteiger partial charge in [-0.1, -0.05) is 6.07 Å². The summed E-state index contributed by atoms with van der Waals surface area (Å²) >= 11 is 0. The number of likely N-dealkylation sites (N-methyl/N-ethyl adjacent to an activating group) is 1. The minimum Gasteiger partial charge on any atom is -0.493 e. The number of methoxy groups -OCH3 is 1. The van der Waals surface area contributed by atoms with Crippen LogP contribution < -0.4 is 25.0 Å². The van der Waals surface area contributed by atoms with Gasteiger partial charge in [-0.3, -0.25) is 0 Å². The molecule has 2 heterocycles. The molecule has 2 N–H and O–H groups in total. The largest absolute Gasteiger partial charge is 0.493 e. The maximum atomic E-state index is 5.69. The lowest BCUT2D eigenvalue weighted by atomic mass is 10.2. The van der Waals surface area contributed by atoms with E-state index in [-0.39, 0.29) is 24.0 Å². The highest BCUT2D eigenvalue weighted by Crippen LogP contribution is 2.30. The van der Waals surface area contributed by atoms with Crippen molar-refractivity contribution in [2.75, 3.05) is 63.7 Å². The number of benzene rings is 1. The number of piperazine rings is 1. The van der Waals surface area contributed by atoms with Gasteiger partial charge in [0, 0.05) is 56.2 Å². The summed E-state index contributed by atoms with van der Waals surface area (Å²) in [5, 5.41) is 6.68. The summed E-state index contributed by atoms with van der Waals surface area (Å²) in [7, 11) is 3.80. The van der Waals surface area contributed by atoms with Crippen molar-refractivity contribution in [3.05, 3.63) is 42.1 Å². The van der Waals surface area contributed by atoms with Crippen LogP contribution >= 0.6 is 24.0 Å². The maximum Gasteiger partial charge on any atom is 0.196 e. The number of aliphatic imine (C=N–C) groups is 1. The van der Waals surface area contributed by atoms with Gasteiger partial charge in [-0.2, -0.15) is 0 Å². The first-order valence-corrected chi connectivity index (χ1v) is 10.9. The smallest absolute Gasteiger partial charge is 0.196 e. The molecule has 0 unspecified atom stereocenters. The van der Waals surface area contributed by atoms with Gasteiger partial charge in [0.15, 0.2) is 17.5 Å². The van der Waals surface area contributed by atoms with Crippen molar-refractivity contribution >= 4 is 41.4 Å². The number of anilines is 2. The van der Waals surface area contributed by atoms with E-state index in [0.717, 1.165) is 49.8 Å². The van der Waals surface area contributed by atoms with Crippen LogP contribution in [0.3, 0.4) is 0 Å². The molecule has 0 bridgehead atoms. The SMILES string of the molecule is CCNC(=NCc1cccnc1N1CCN(C)CC1)Nc1ccc(OC)c(OCC)c1.I. The van der Waals surface area contributed by atoms with E-state index in [4.69, 9.17) is 14.5 Å². The number of hydrogen-bond donors (Lipinski definition) is 2. The average Bonchev–Trinajstić information content (AvgIpc) is 2.79. The Balaban J connectivity index is 0.00000363. The summed E-state index contributed by atoms with van der Waals surface area (Å²) in [6, 6.07) is 9.85. The van der Waals surface area contributed by atoms with Crippen LogP contribution in [0.25, 0.3) is 0 Å². The lowest BCUT2D eigenvalue weighted by molar-refractivity contribution is 0.311. The minimum atomic E-state index is 0. The van der Waals surface area contributed by atoms with E-state index in [1.54, 1.807) is 7.11 Å². The highest BCUT2D eigenvalue weighted by molar-refractivity contribution is 14.0. The Hall–Kier alpha value is -2.27. The van der Waals surface area contributed by atoms with Crippen molar-refractivity contribution in [3.63, 3.8) is 0 Å². The van der Waals surface area contributed by atoms with Gasteiger partial charge >= 0.3 is 0 Å². The lowest BCUT2D eigenvalue weighted by Gasteiger charge is -2.34. The van der Waals surface area contributed by atoms with Crippen molar-refractivity contribution in [1.82, 2.24) is 15.2 Å². The highest BCUT2D eigenvalue weighted by Gasteiger charge is 2.18. The lowest BCUT2D eigenvalue weighted by Crippen LogP contribution is -2.45. The first-order valence-electron chi connectivity index (χ1n) is 10.9. The van der Waals surface area contributed by atoms with Crippen LogP contribution in [-0.4, -0.2) is 69.3 Å². The zero-order chi connectivity index (χ0) is 22.1. The number of ether oxygens (including phenoxy) is 2. The fourth-order valence-electron chi connectivity index (χ4n) is 3.49. The van der Waals surface area contributed by atoms with Crippen LogP contribution in [0.4, 0.5) is 11.5 Å². The zero-order valence-electron chi connectivity index (χ0n) is 19.4. The quantitative estimate of drug-likeness (QED) is 0.294. The Kier molecular flexibility index (Phi) is 10.8. The summed E-state index contributed by atoms with van der Waals surface area (Å²) in [5.74, 6) is 3.15. The molecule has 1 aliphatic heterocycles. The molecule has 1 fully saturated rings. The van der Waals surface area contributed by atoms with Gasteiger partial charge in [0.1, 0.15) is 5.82 Å². The van der Waals surface area contributed by atoms with Crippen LogP contribution in [0.2, 0.25) is 0 Å². The van der Waals surface area contributed by atoms with Gasteiger partial charge in [-0.25, -0.2) is 9.98 Å². The van der Waals surface area contributed by atoms with Crippen molar-refractivity contribution in [2.45, 2.75) is 20.4 Å². The molecule has 0 amide bonds. The van der Waals surface area contributed by atoms with E-state index in [2.05, 4.69) is 45.5 Å². The monoisotopic (exact) mass is 554 g/mol. The Morgan fingerprint density at radius 3 is 2.59 bits per heavy atom. The molecule has 1 aromatic heterocycles. The number of pyridine rings is 1. The first kappa shape index (κ1) is 26.0. The van der Waals surface area contributed by atoms with E-state index >= 15 is 0 Å². The summed E-state index contributed by atoms with van der Waals surface area (Å²) < 4.78 is 11.1. The minimum absolute atomic E-state index is 0. The maximum absolute atomic E-state index is 5.69. The third kappa shape index (κ3) is 7.13. The molecule has 8 nitrogen and oxygen atoms in total. The molecular weight excluding hydrogens is 519 g/mol. The second kappa shape index (κ2) is 13.3. The van der Waals surface area contributed by atoms with E-state index in [1.165, 1.54) is 0 Å². The van der Waals surface area contributed by atoms with Crippen LogP contribution in [0.5, 0.6) is 11.5 Å². The Labute approximate surface area is 208 Å². The second-order valence-electron chi connectivity index (χ2n) is 7.40. The molecule has 0 atom stereocenters. The molecule has 0 spiro atoms. The van der Waals surface area contributed by atoms with Crippen molar-refractivity contribution in [1.29, 1.82) is 0 Å². The van der Waals surface area contributed by atoms with E-state index in [1.807, 2.05) is 37.4 Å². The van der Waals surface area contributed by atoms with Crippen LogP contribution in [0.15, 0.2) is 41.5 Å². The molecule has 1 aliphatic rings. The Bertz CT molecular complexity index is 871. The van der Waals surface area contributed by atoms with Gasteiger partial charge in [0.05, 0.1) is 20.3 Å². The Morgan fingerprint density at radius 2 is 1.91 bits per heavy atom. The fraction of sp³-hybridized carbons (Fsp3) is 0.478. The molecular formula is C23H35IN6O2. The van der Waals surface area contributed by atoms with Gasteiger partial charge in [-0.15, -0.1) is 24.0 Å². The summed E-state index contributed by atoms with van der Waals surface area (Å²) in [4.78, 5) is 14.2. The van der Waals surface area contributed by atoms with Crippen molar-refractivity contribution < 1.29 is 9.47 Å². The number of aromatic nitrogens is 1. The zero-order valence-corrected chi connectivity index (χ0v) is 21.8. The molecule has 2 aromatic rings. The van der Waals surface area contributed by atoms with Gasteiger partial charge in [0.25, 0.3) is 0 Å². The van der Waals surface area contributed by atoms with Gasteiger partial charge < -0.3 is 29.9 Å². The molecule has 32 heavy (non-hydrogen) atoms. The van der Waals surface area contributed by atoms with Crippen molar-refractivity contribution in [3.8, 4) is 11.5 Å². The molecule has 1 aromatic carbocycles. The third-order valence-corrected chi connectivity index (χ3v) is 5.15. The number of hydrogen-bond acceptors (Lipinski definition) is 6. The topological polar surface area (TPSA) is 74.3 Å². The molecule has 3 rings (SSSR count). The van der Waals surface area contributed by atoms with Crippen LogP contribution in [-0.2, 0) is 6.54 Å². The molecule has 9 heteroatoms. The molecule has 0 saturated carbocycles. The molecule has 0 radical (unpaired) electrons. The standard InChI is InChI=1S/C23H34N6O2.HI/c1-5-24-23(27-19-9-10-20(30-4)21(16-19)31-6-2)26-17-18-8-7-11-25-22(18)29-14-12-28(3)13-15-29;/h7-11,16H,5-6,12-15,17H2,1-4H3,(H2,24,26,27);1H. The predicted molar refractivity (Wildman–Crippen MR) is 142 cm³/mol. The van der Waals surface area contributed by atoms with E-state index in [0.29, 0.717) is 30.6 Å².